The maximum Gasteiger partial charge on any atom is 0.259 e. The Morgan fingerprint density at radius 2 is 1.68 bits per heavy atom. The summed E-state index contributed by atoms with van der Waals surface area (Å²) < 4.78 is 2.17. The number of hydrogen-bond donors (Lipinski definition) is 2. The van der Waals surface area contributed by atoms with Crippen LogP contribution in [0.5, 0.6) is 5.75 Å². The van der Waals surface area contributed by atoms with Crippen molar-refractivity contribution >= 4 is 59.4 Å². The summed E-state index contributed by atoms with van der Waals surface area (Å²) in [4.78, 5) is 12.1. The van der Waals surface area contributed by atoms with Gasteiger partial charge in [-0.25, -0.2) is 0 Å². The van der Waals surface area contributed by atoms with Gasteiger partial charge in [-0.3, -0.25) is 4.79 Å². The van der Waals surface area contributed by atoms with Crippen LogP contribution in [-0.4, -0.2) is 11.0 Å². The number of nitrogens with one attached hydrogen (secondary N) is 1. The van der Waals surface area contributed by atoms with Gasteiger partial charge in [0.05, 0.1) is 10.0 Å². The van der Waals surface area contributed by atoms with E-state index in [2.05, 4.69) is 53.1 Å². The van der Waals surface area contributed by atoms with Crippen molar-refractivity contribution in [1.82, 2.24) is 0 Å². The van der Waals surface area contributed by atoms with E-state index >= 15 is 0 Å². The Morgan fingerprint density at radius 1 is 1.05 bits per heavy atom. The lowest BCUT2D eigenvalue weighted by Gasteiger charge is -2.08. The Bertz CT molecular complexity index is 624. The van der Waals surface area contributed by atoms with E-state index in [4.69, 9.17) is 0 Å². The van der Waals surface area contributed by atoms with E-state index in [-0.39, 0.29) is 17.2 Å². The molecule has 0 heterocycles. The van der Waals surface area contributed by atoms with Gasteiger partial charge in [0, 0.05) is 14.6 Å². The third-order valence-corrected chi connectivity index (χ3v) is 3.91. The summed E-state index contributed by atoms with van der Waals surface area (Å²) in [6, 6.07) is 10.3. The van der Waals surface area contributed by atoms with Gasteiger partial charge in [0.15, 0.2) is 0 Å². The number of phenols is 1. The van der Waals surface area contributed by atoms with E-state index in [0.717, 1.165) is 8.95 Å². The lowest BCUT2D eigenvalue weighted by atomic mass is 10.2. The van der Waals surface area contributed by atoms with Crippen molar-refractivity contribution in [3.63, 3.8) is 0 Å². The van der Waals surface area contributed by atoms with E-state index < -0.39 is 0 Å². The third kappa shape index (κ3) is 3.58. The normalized spacial score (nSPS) is 10.3. The summed E-state index contributed by atoms with van der Waals surface area (Å²) in [5.41, 5.74) is 0.844. The molecule has 0 unspecified atom stereocenters. The van der Waals surface area contributed by atoms with Gasteiger partial charge in [-0.1, -0.05) is 37.9 Å². The molecule has 0 aliphatic heterocycles. The highest BCUT2D eigenvalue weighted by molar-refractivity contribution is 9.11. The summed E-state index contributed by atoms with van der Waals surface area (Å²) >= 11 is 9.87. The quantitative estimate of drug-likeness (QED) is 0.682. The number of aromatic hydroxyl groups is 1. The fraction of sp³-hybridized carbons (Fsp3) is 0. The predicted octanol–water partition coefficient (Wildman–Crippen LogP) is 4.93. The average molecular weight is 450 g/mol. The van der Waals surface area contributed by atoms with Crippen molar-refractivity contribution < 1.29 is 9.90 Å². The number of halogens is 3. The molecule has 98 valence electrons. The van der Waals surface area contributed by atoms with Gasteiger partial charge < -0.3 is 10.4 Å². The van der Waals surface area contributed by atoms with Gasteiger partial charge in [-0.2, -0.15) is 0 Å². The summed E-state index contributed by atoms with van der Waals surface area (Å²) in [7, 11) is 0. The number of hydrogen-bond acceptors (Lipinski definition) is 2. The molecule has 0 aliphatic rings. The summed E-state index contributed by atoms with van der Waals surface area (Å²) in [5, 5.41) is 12.6. The molecule has 2 N–H and O–H groups in total. The molecule has 0 bridgehead atoms. The second-order valence-corrected chi connectivity index (χ2v) is 6.43. The van der Waals surface area contributed by atoms with E-state index in [1.807, 2.05) is 6.07 Å². The number of benzene rings is 2. The highest BCUT2D eigenvalue weighted by Gasteiger charge is 2.13. The van der Waals surface area contributed by atoms with Crippen molar-refractivity contribution in [2.24, 2.45) is 0 Å². The molecule has 0 fully saturated rings. The Labute approximate surface area is 135 Å². The number of phenolic OH excluding ortho intramolecular Hbond substituents is 1. The third-order valence-electron chi connectivity index (χ3n) is 2.35. The number of para-hydroxylation sites is 1. The molecule has 0 atom stereocenters. The number of amides is 1. The van der Waals surface area contributed by atoms with Crippen LogP contribution in [0.1, 0.15) is 10.4 Å². The lowest BCUT2D eigenvalue weighted by Crippen LogP contribution is -2.12. The van der Waals surface area contributed by atoms with Crippen molar-refractivity contribution in [3.05, 3.63) is 55.4 Å². The molecule has 0 radical (unpaired) electrons. The fourth-order valence-electron chi connectivity index (χ4n) is 1.52. The van der Waals surface area contributed by atoms with E-state index in [9.17, 15) is 9.90 Å². The second kappa shape index (κ2) is 6.07. The minimum Gasteiger partial charge on any atom is -0.506 e. The highest BCUT2D eigenvalue weighted by Crippen LogP contribution is 2.29. The molecule has 2 aromatic carbocycles. The Hall–Kier alpha value is -0.850. The largest absolute Gasteiger partial charge is 0.506 e. The van der Waals surface area contributed by atoms with Gasteiger partial charge >= 0.3 is 0 Å². The summed E-state index contributed by atoms with van der Waals surface area (Å²) in [5.74, 6) is -0.446. The van der Waals surface area contributed by atoms with Crippen molar-refractivity contribution in [1.29, 1.82) is 0 Å². The second-order valence-electron chi connectivity index (χ2n) is 3.75. The van der Waals surface area contributed by atoms with Crippen LogP contribution in [0.4, 0.5) is 5.69 Å². The van der Waals surface area contributed by atoms with Gasteiger partial charge in [0.25, 0.3) is 5.91 Å². The first kappa shape index (κ1) is 14.6. The van der Waals surface area contributed by atoms with Crippen LogP contribution in [0.15, 0.2) is 49.8 Å². The molecule has 0 aliphatic carbocycles. The highest BCUT2D eigenvalue weighted by atomic mass is 79.9. The molecular weight excluding hydrogens is 442 g/mol. The Balaban J connectivity index is 2.28. The SMILES string of the molecule is O=C(Nc1cc(Br)cc(Br)c1)c1cccc(Br)c1O. The standard InChI is InChI=1S/C13H8Br3NO2/c14-7-4-8(15)6-9(5-7)17-13(19)10-2-1-3-11(16)12(10)18/h1-6,18H,(H,17,19). The van der Waals surface area contributed by atoms with E-state index in [0.29, 0.717) is 10.2 Å². The minimum absolute atomic E-state index is 0.0749. The molecule has 0 aromatic heterocycles. The molecule has 2 aromatic rings. The predicted molar refractivity (Wildman–Crippen MR) is 85.6 cm³/mol. The zero-order valence-electron chi connectivity index (χ0n) is 9.45. The van der Waals surface area contributed by atoms with Crippen LogP contribution >= 0.6 is 47.8 Å². The van der Waals surface area contributed by atoms with Crippen LogP contribution in [0.25, 0.3) is 0 Å². The number of carbonyl (C=O) groups excluding carboxylic acids is 1. The fourth-order valence-corrected chi connectivity index (χ4v) is 3.18. The molecule has 0 spiro atoms. The lowest BCUT2D eigenvalue weighted by molar-refractivity contribution is 0.102. The smallest absolute Gasteiger partial charge is 0.259 e. The minimum atomic E-state index is -0.371. The topological polar surface area (TPSA) is 49.3 Å². The van der Waals surface area contributed by atoms with Gasteiger partial charge in [0.2, 0.25) is 0 Å². The summed E-state index contributed by atoms with van der Waals surface area (Å²) in [6.07, 6.45) is 0. The zero-order valence-corrected chi connectivity index (χ0v) is 14.2. The molecule has 3 nitrogen and oxygen atoms in total. The van der Waals surface area contributed by atoms with Crippen LogP contribution < -0.4 is 5.32 Å². The molecule has 2 rings (SSSR count). The van der Waals surface area contributed by atoms with Crippen LogP contribution in [-0.2, 0) is 0 Å². The van der Waals surface area contributed by atoms with Crippen molar-refractivity contribution in [3.8, 4) is 5.75 Å². The Morgan fingerprint density at radius 3 is 2.32 bits per heavy atom. The van der Waals surface area contributed by atoms with Crippen LogP contribution in [0.2, 0.25) is 0 Å². The maximum absolute atomic E-state index is 12.1. The molecule has 0 saturated heterocycles. The van der Waals surface area contributed by atoms with Crippen molar-refractivity contribution in [2.75, 3.05) is 5.32 Å². The van der Waals surface area contributed by atoms with Gasteiger partial charge in [-0.15, -0.1) is 0 Å². The van der Waals surface area contributed by atoms with Crippen LogP contribution in [0.3, 0.4) is 0 Å². The molecule has 6 heteroatoms. The van der Waals surface area contributed by atoms with E-state index in [1.165, 1.54) is 0 Å². The van der Waals surface area contributed by atoms with Gasteiger partial charge in [0.1, 0.15) is 5.75 Å². The first-order chi connectivity index (χ1) is 8.97. The number of rotatable bonds is 2. The van der Waals surface area contributed by atoms with Gasteiger partial charge in [-0.05, 0) is 46.3 Å². The summed E-state index contributed by atoms with van der Waals surface area (Å²) in [6.45, 7) is 0. The zero-order chi connectivity index (χ0) is 14.0. The Kier molecular flexibility index (Phi) is 4.65. The van der Waals surface area contributed by atoms with E-state index in [1.54, 1.807) is 30.3 Å². The molecule has 19 heavy (non-hydrogen) atoms. The monoisotopic (exact) mass is 447 g/mol. The molecular formula is C13H8Br3NO2. The molecule has 0 saturated carbocycles. The van der Waals surface area contributed by atoms with Crippen LogP contribution in [0, 0.1) is 0 Å². The average Bonchev–Trinajstić information content (AvgIpc) is 2.31. The first-order valence-electron chi connectivity index (χ1n) is 5.22. The number of carbonyl (C=O) groups is 1. The molecule has 1 amide bonds. The number of anilines is 1. The maximum atomic E-state index is 12.1. The first-order valence-corrected chi connectivity index (χ1v) is 7.60. The van der Waals surface area contributed by atoms with Crippen molar-refractivity contribution in [2.45, 2.75) is 0 Å².